The second-order valence-corrected chi connectivity index (χ2v) is 7.25. The average molecular weight is 343 g/mol. The Morgan fingerprint density at radius 1 is 1.35 bits per heavy atom. The number of sulfonamides is 1. The van der Waals surface area contributed by atoms with E-state index in [9.17, 15) is 13.2 Å². The van der Waals surface area contributed by atoms with Gasteiger partial charge in [0, 0.05) is 13.0 Å². The first kappa shape index (κ1) is 17.5. The fourth-order valence-corrected chi connectivity index (χ4v) is 3.92. The molecule has 3 N–H and O–H groups in total. The number of amides is 1. The number of fused-ring (bicyclic) bond motifs is 1. The number of hydrogen-bond donors (Lipinski definition) is 2. The van der Waals surface area contributed by atoms with Gasteiger partial charge in [-0.2, -0.15) is 4.31 Å². The minimum Gasteiger partial charge on any atom is -0.493 e. The molecule has 23 heavy (non-hydrogen) atoms. The lowest BCUT2D eigenvalue weighted by Crippen LogP contribution is -2.42. The molecule has 128 valence electrons. The first-order valence-electron chi connectivity index (χ1n) is 7.02. The number of carbonyl (C=O) groups excluding carboxylic acids is 1. The van der Waals surface area contributed by atoms with E-state index in [1.54, 1.807) is 6.07 Å². The molecule has 0 radical (unpaired) electrons. The molecule has 1 heterocycles. The summed E-state index contributed by atoms with van der Waals surface area (Å²) in [5.74, 6) is 5.77. The number of nitrogens with one attached hydrogen (secondary N) is 1. The Morgan fingerprint density at radius 3 is 2.48 bits per heavy atom. The van der Waals surface area contributed by atoms with Crippen LogP contribution >= 0.6 is 0 Å². The quantitative estimate of drug-likeness (QED) is 0.440. The predicted octanol–water partition coefficient (Wildman–Crippen LogP) is -0.0574. The molecule has 0 aromatic heterocycles. The van der Waals surface area contributed by atoms with Crippen LogP contribution in [0.25, 0.3) is 0 Å². The molecule has 1 aliphatic heterocycles. The molecular weight excluding hydrogens is 322 g/mol. The van der Waals surface area contributed by atoms with Crippen LogP contribution in [0.4, 0.5) is 0 Å². The number of hydrazine groups is 1. The highest BCUT2D eigenvalue weighted by atomic mass is 32.2. The molecule has 0 fully saturated rings. The van der Waals surface area contributed by atoms with Crippen molar-refractivity contribution < 1.29 is 22.7 Å². The van der Waals surface area contributed by atoms with Crippen LogP contribution < -0.4 is 20.7 Å². The second-order valence-electron chi connectivity index (χ2n) is 5.32. The molecule has 1 atom stereocenters. The monoisotopic (exact) mass is 343 g/mol. The lowest BCUT2D eigenvalue weighted by molar-refractivity contribution is -0.122. The maximum Gasteiger partial charge on any atom is 0.235 e. The fraction of sp³-hybridized carbons (Fsp3) is 0.500. The van der Waals surface area contributed by atoms with Crippen molar-refractivity contribution in [2.75, 3.05) is 27.0 Å². The number of ether oxygens (including phenoxy) is 2. The van der Waals surface area contributed by atoms with Crippen LogP contribution in [0.1, 0.15) is 23.6 Å². The van der Waals surface area contributed by atoms with Crippen LogP contribution in [0.2, 0.25) is 0 Å². The van der Waals surface area contributed by atoms with Gasteiger partial charge in [0.15, 0.2) is 11.5 Å². The van der Waals surface area contributed by atoms with Crippen molar-refractivity contribution in [1.82, 2.24) is 9.73 Å². The summed E-state index contributed by atoms with van der Waals surface area (Å²) in [5, 5.41) is 0. The third-order valence-corrected chi connectivity index (χ3v) is 5.21. The standard InChI is InChI=1S/C14H21N3O5S/c1-21-12-6-9-4-5-17(23(3,19)20)11(8-14(18)16-15)10(9)7-13(12)22-2/h6-7,11H,4-5,8,15H2,1-3H3,(H,16,18)/t11-/m1/s1. The molecule has 0 saturated carbocycles. The Labute approximate surface area is 135 Å². The smallest absolute Gasteiger partial charge is 0.235 e. The van der Waals surface area contributed by atoms with E-state index in [1.165, 1.54) is 18.5 Å². The van der Waals surface area contributed by atoms with Gasteiger partial charge in [-0.3, -0.25) is 10.2 Å². The third-order valence-electron chi connectivity index (χ3n) is 3.92. The van der Waals surface area contributed by atoms with E-state index in [1.807, 2.05) is 11.5 Å². The Morgan fingerprint density at radius 2 is 1.96 bits per heavy atom. The van der Waals surface area contributed by atoms with E-state index in [2.05, 4.69) is 0 Å². The molecule has 2 rings (SSSR count). The van der Waals surface area contributed by atoms with Crippen LogP contribution in [-0.2, 0) is 21.2 Å². The summed E-state index contributed by atoms with van der Waals surface area (Å²) in [6, 6.07) is 2.92. The van der Waals surface area contributed by atoms with E-state index in [0.29, 0.717) is 24.5 Å². The SMILES string of the molecule is COc1cc2c(cc1OC)[C@@H](CC(=O)NN)N(S(C)(=O)=O)CC2. The normalized spacial score (nSPS) is 18.2. The van der Waals surface area contributed by atoms with E-state index >= 15 is 0 Å². The zero-order valence-corrected chi connectivity index (χ0v) is 14.1. The Kier molecular flexibility index (Phi) is 5.12. The van der Waals surface area contributed by atoms with Gasteiger partial charge in [-0.15, -0.1) is 0 Å². The lowest BCUT2D eigenvalue weighted by Gasteiger charge is -2.35. The summed E-state index contributed by atoms with van der Waals surface area (Å²) in [6.45, 7) is 0.295. The summed E-state index contributed by atoms with van der Waals surface area (Å²) in [4.78, 5) is 11.7. The summed E-state index contributed by atoms with van der Waals surface area (Å²) in [6.07, 6.45) is 1.60. The second kappa shape index (κ2) is 6.73. The van der Waals surface area contributed by atoms with Gasteiger partial charge < -0.3 is 9.47 Å². The predicted molar refractivity (Wildman–Crippen MR) is 84.5 cm³/mol. The van der Waals surface area contributed by atoms with Crippen molar-refractivity contribution in [3.63, 3.8) is 0 Å². The molecule has 0 spiro atoms. The van der Waals surface area contributed by atoms with Gasteiger partial charge in [0.1, 0.15) is 0 Å². The highest BCUT2D eigenvalue weighted by Gasteiger charge is 2.35. The van der Waals surface area contributed by atoms with Crippen LogP contribution in [-0.4, -0.2) is 45.7 Å². The van der Waals surface area contributed by atoms with Gasteiger partial charge in [-0.05, 0) is 29.7 Å². The summed E-state index contributed by atoms with van der Waals surface area (Å²) in [5.41, 5.74) is 3.70. The molecule has 9 heteroatoms. The Bertz CT molecular complexity index is 705. The van der Waals surface area contributed by atoms with E-state index in [4.69, 9.17) is 15.3 Å². The molecule has 0 aliphatic carbocycles. The molecular formula is C14H21N3O5S. The Hall–Kier alpha value is -1.84. The summed E-state index contributed by atoms with van der Waals surface area (Å²) >= 11 is 0. The minimum absolute atomic E-state index is 0.0634. The molecule has 1 amide bonds. The van der Waals surface area contributed by atoms with Crippen LogP contribution in [0, 0.1) is 0 Å². The third kappa shape index (κ3) is 3.57. The summed E-state index contributed by atoms with van der Waals surface area (Å²) < 4.78 is 36.0. The van der Waals surface area contributed by atoms with E-state index < -0.39 is 22.0 Å². The van der Waals surface area contributed by atoms with E-state index in [0.717, 1.165) is 17.4 Å². The molecule has 1 aliphatic rings. The maximum absolute atomic E-state index is 12.1. The topological polar surface area (TPSA) is 111 Å². The highest BCUT2D eigenvalue weighted by molar-refractivity contribution is 7.88. The number of carbonyl (C=O) groups is 1. The van der Waals surface area contributed by atoms with Gasteiger partial charge >= 0.3 is 0 Å². The maximum atomic E-state index is 12.1. The van der Waals surface area contributed by atoms with E-state index in [-0.39, 0.29) is 6.42 Å². The Balaban J connectivity index is 2.55. The van der Waals surface area contributed by atoms with Gasteiger partial charge in [0.05, 0.1) is 26.5 Å². The molecule has 0 bridgehead atoms. The van der Waals surface area contributed by atoms with Crippen molar-refractivity contribution in [1.29, 1.82) is 0 Å². The van der Waals surface area contributed by atoms with Gasteiger partial charge in [0.2, 0.25) is 15.9 Å². The van der Waals surface area contributed by atoms with Crippen LogP contribution in [0.5, 0.6) is 11.5 Å². The zero-order valence-electron chi connectivity index (χ0n) is 13.3. The number of rotatable bonds is 5. The number of nitrogens with two attached hydrogens (primary N) is 1. The number of benzene rings is 1. The average Bonchev–Trinajstić information content (AvgIpc) is 2.52. The molecule has 1 aromatic carbocycles. The molecule has 8 nitrogen and oxygen atoms in total. The molecule has 1 aromatic rings. The largest absolute Gasteiger partial charge is 0.493 e. The number of methoxy groups -OCH3 is 2. The van der Waals surface area contributed by atoms with Crippen molar-refractivity contribution in [2.24, 2.45) is 5.84 Å². The number of nitrogens with zero attached hydrogens (tertiary/aromatic N) is 1. The van der Waals surface area contributed by atoms with Gasteiger partial charge in [-0.25, -0.2) is 14.3 Å². The van der Waals surface area contributed by atoms with Crippen molar-refractivity contribution in [3.05, 3.63) is 23.3 Å². The molecule has 0 saturated heterocycles. The zero-order chi connectivity index (χ0) is 17.2. The summed E-state index contributed by atoms with van der Waals surface area (Å²) in [7, 11) is -0.426. The first-order valence-corrected chi connectivity index (χ1v) is 8.87. The number of hydrogen-bond acceptors (Lipinski definition) is 6. The fourth-order valence-electron chi connectivity index (χ4n) is 2.85. The van der Waals surface area contributed by atoms with Crippen molar-refractivity contribution >= 4 is 15.9 Å². The van der Waals surface area contributed by atoms with Crippen LogP contribution in [0.15, 0.2) is 12.1 Å². The molecule has 0 unspecified atom stereocenters. The van der Waals surface area contributed by atoms with Crippen molar-refractivity contribution in [3.8, 4) is 11.5 Å². The van der Waals surface area contributed by atoms with Crippen molar-refractivity contribution in [2.45, 2.75) is 18.9 Å². The first-order chi connectivity index (χ1) is 10.8. The van der Waals surface area contributed by atoms with Gasteiger partial charge in [-0.1, -0.05) is 0 Å². The van der Waals surface area contributed by atoms with Gasteiger partial charge in [0.25, 0.3) is 0 Å². The highest BCUT2D eigenvalue weighted by Crippen LogP contribution is 2.40. The van der Waals surface area contributed by atoms with Crippen LogP contribution in [0.3, 0.4) is 0 Å². The minimum atomic E-state index is -3.47. The lowest BCUT2D eigenvalue weighted by atomic mass is 9.91.